The summed E-state index contributed by atoms with van der Waals surface area (Å²) >= 11 is 0. The van der Waals surface area contributed by atoms with E-state index in [9.17, 15) is 9.59 Å². The van der Waals surface area contributed by atoms with Gasteiger partial charge in [0.15, 0.2) is 11.5 Å². The number of carbonyl (C=O) groups is 2. The predicted molar refractivity (Wildman–Crippen MR) is 69.6 cm³/mol. The molecule has 0 spiro atoms. The molecule has 7 nitrogen and oxygen atoms in total. The average Bonchev–Trinajstić information content (AvgIpc) is 2.88. The van der Waals surface area contributed by atoms with Crippen LogP contribution in [-0.4, -0.2) is 36.5 Å². The summed E-state index contributed by atoms with van der Waals surface area (Å²) in [6.45, 7) is 0.170. The molecule has 0 aromatic heterocycles. The van der Waals surface area contributed by atoms with Crippen molar-refractivity contribution in [2.75, 3.05) is 13.8 Å². The van der Waals surface area contributed by atoms with Crippen molar-refractivity contribution >= 4 is 23.8 Å². The number of amidine groups is 1. The zero-order chi connectivity index (χ0) is 14.3. The van der Waals surface area contributed by atoms with Gasteiger partial charge in [0.25, 0.3) is 5.91 Å². The Morgan fingerprint density at radius 1 is 1.30 bits per heavy atom. The van der Waals surface area contributed by atoms with E-state index in [0.717, 1.165) is 4.90 Å². The Labute approximate surface area is 114 Å². The van der Waals surface area contributed by atoms with E-state index >= 15 is 0 Å². The number of rotatable bonds is 1. The van der Waals surface area contributed by atoms with Gasteiger partial charge in [-0.05, 0) is 23.8 Å². The topological polar surface area (TPSA) is 91.7 Å². The molecule has 20 heavy (non-hydrogen) atoms. The Kier molecular flexibility index (Phi) is 2.67. The Bertz CT molecular complexity index is 666. The molecule has 2 N–H and O–H groups in total. The number of hydrogen-bond donors (Lipinski definition) is 2. The highest BCUT2D eigenvalue weighted by atomic mass is 16.7. The Morgan fingerprint density at radius 2 is 2.05 bits per heavy atom. The maximum absolute atomic E-state index is 12.0. The summed E-state index contributed by atoms with van der Waals surface area (Å²) in [5.41, 5.74) is 0.804. The fourth-order valence-corrected chi connectivity index (χ4v) is 1.94. The summed E-state index contributed by atoms with van der Waals surface area (Å²) in [4.78, 5) is 24.3. The second kappa shape index (κ2) is 4.37. The number of fused-ring (bicyclic) bond motifs is 1. The van der Waals surface area contributed by atoms with Crippen LogP contribution in [0.25, 0.3) is 6.08 Å². The van der Waals surface area contributed by atoms with E-state index in [0.29, 0.717) is 17.1 Å². The van der Waals surface area contributed by atoms with Crippen molar-refractivity contribution in [3.05, 3.63) is 29.3 Å². The van der Waals surface area contributed by atoms with Crippen molar-refractivity contribution in [3.63, 3.8) is 0 Å². The largest absolute Gasteiger partial charge is 0.454 e. The summed E-state index contributed by atoms with van der Waals surface area (Å²) in [6.07, 6.45) is 1.53. The van der Waals surface area contributed by atoms with Crippen LogP contribution < -0.4 is 14.8 Å². The second-order valence-corrected chi connectivity index (χ2v) is 4.34. The smallest absolute Gasteiger partial charge is 0.329 e. The van der Waals surface area contributed by atoms with E-state index in [4.69, 9.17) is 14.9 Å². The number of benzene rings is 1. The first-order valence-corrected chi connectivity index (χ1v) is 5.85. The third-order valence-corrected chi connectivity index (χ3v) is 3.05. The van der Waals surface area contributed by atoms with Gasteiger partial charge in [0.1, 0.15) is 5.84 Å². The number of nitrogens with zero attached hydrogens (tertiary/aromatic N) is 1. The molecular weight excluding hydrogens is 262 g/mol. The minimum Gasteiger partial charge on any atom is -0.454 e. The Balaban J connectivity index is 1.97. The monoisotopic (exact) mass is 273 g/mol. The van der Waals surface area contributed by atoms with E-state index in [2.05, 4.69) is 5.32 Å². The van der Waals surface area contributed by atoms with Gasteiger partial charge in [0, 0.05) is 7.05 Å². The first-order chi connectivity index (χ1) is 9.56. The van der Waals surface area contributed by atoms with Crippen LogP contribution in [0.5, 0.6) is 11.5 Å². The number of amides is 3. The lowest BCUT2D eigenvalue weighted by Crippen LogP contribution is -2.51. The molecule has 1 saturated heterocycles. The van der Waals surface area contributed by atoms with E-state index in [1.165, 1.54) is 13.1 Å². The molecule has 0 aliphatic carbocycles. The summed E-state index contributed by atoms with van der Waals surface area (Å²) < 4.78 is 10.4. The number of imide groups is 1. The summed E-state index contributed by atoms with van der Waals surface area (Å²) in [5.74, 6) is 0.501. The molecule has 0 bridgehead atoms. The molecule has 0 radical (unpaired) electrons. The van der Waals surface area contributed by atoms with Crippen molar-refractivity contribution in [2.24, 2.45) is 0 Å². The number of urea groups is 1. The number of nitrogens with one attached hydrogen (secondary N) is 2. The fourth-order valence-electron chi connectivity index (χ4n) is 1.94. The van der Waals surface area contributed by atoms with Gasteiger partial charge in [-0.15, -0.1) is 0 Å². The number of hydrogen-bond acceptors (Lipinski definition) is 5. The molecule has 7 heteroatoms. The van der Waals surface area contributed by atoms with Crippen molar-refractivity contribution in [2.45, 2.75) is 0 Å². The molecule has 2 aliphatic heterocycles. The molecule has 2 aliphatic rings. The van der Waals surface area contributed by atoms with Crippen molar-refractivity contribution in [1.82, 2.24) is 10.2 Å². The molecule has 0 unspecified atom stereocenters. The number of likely N-dealkylation sites (N-methyl/N-ethyl adjacent to an activating group) is 1. The van der Waals surface area contributed by atoms with Gasteiger partial charge in [0.2, 0.25) is 6.79 Å². The van der Waals surface area contributed by atoms with Crippen LogP contribution in [0.1, 0.15) is 5.56 Å². The molecule has 3 rings (SSSR count). The van der Waals surface area contributed by atoms with Crippen LogP contribution in [0.2, 0.25) is 0 Å². The maximum atomic E-state index is 12.0. The lowest BCUT2D eigenvalue weighted by molar-refractivity contribution is -0.123. The maximum Gasteiger partial charge on any atom is 0.329 e. The van der Waals surface area contributed by atoms with Crippen LogP contribution in [0.3, 0.4) is 0 Å². The first-order valence-electron chi connectivity index (χ1n) is 5.85. The van der Waals surface area contributed by atoms with Gasteiger partial charge in [-0.1, -0.05) is 6.07 Å². The Hall–Kier alpha value is -2.83. The molecule has 1 aromatic carbocycles. The second-order valence-electron chi connectivity index (χ2n) is 4.34. The zero-order valence-electron chi connectivity index (χ0n) is 10.6. The highest BCUT2D eigenvalue weighted by Gasteiger charge is 2.30. The summed E-state index contributed by atoms with van der Waals surface area (Å²) in [5, 5.41) is 10.0. The molecule has 1 aromatic rings. The summed E-state index contributed by atoms with van der Waals surface area (Å²) in [6, 6.07) is 4.58. The van der Waals surface area contributed by atoms with Crippen molar-refractivity contribution in [1.29, 1.82) is 5.41 Å². The predicted octanol–water partition coefficient (Wildman–Crippen LogP) is 0.958. The number of carbonyl (C=O) groups excluding carboxylic acids is 2. The van der Waals surface area contributed by atoms with Crippen molar-refractivity contribution < 1.29 is 19.1 Å². The van der Waals surface area contributed by atoms with Gasteiger partial charge >= 0.3 is 6.03 Å². The van der Waals surface area contributed by atoms with E-state index < -0.39 is 11.9 Å². The molecule has 0 saturated carbocycles. The van der Waals surface area contributed by atoms with Gasteiger partial charge < -0.3 is 9.47 Å². The van der Waals surface area contributed by atoms with Crippen LogP contribution in [0.4, 0.5) is 4.79 Å². The molecule has 0 atom stereocenters. The highest BCUT2D eigenvalue weighted by molar-refractivity contribution is 6.31. The van der Waals surface area contributed by atoms with Crippen LogP contribution in [0, 0.1) is 5.41 Å². The third-order valence-electron chi connectivity index (χ3n) is 3.05. The number of ether oxygens (including phenoxy) is 2. The quantitative estimate of drug-likeness (QED) is 0.745. The van der Waals surface area contributed by atoms with Gasteiger partial charge in [-0.3, -0.25) is 20.4 Å². The van der Waals surface area contributed by atoms with E-state index in [-0.39, 0.29) is 18.2 Å². The van der Waals surface area contributed by atoms with Crippen LogP contribution in [0.15, 0.2) is 23.8 Å². The zero-order valence-corrected chi connectivity index (χ0v) is 10.6. The lowest BCUT2D eigenvalue weighted by atomic mass is 10.1. The molecule has 102 valence electrons. The van der Waals surface area contributed by atoms with Crippen LogP contribution in [-0.2, 0) is 4.79 Å². The molecule has 3 amide bonds. The van der Waals surface area contributed by atoms with E-state index in [1.54, 1.807) is 18.2 Å². The van der Waals surface area contributed by atoms with Gasteiger partial charge in [-0.2, -0.15) is 0 Å². The highest BCUT2D eigenvalue weighted by Crippen LogP contribution is 2.33. The molecular formula is C13H11N3O4. The van der Waals surface area contributed by atoms with Gasteiger partial charge in [0.05, 0.1) is 5.57 Å². The van der Waals surface area contributed by atoms with Crippen LogP contribution >= 0.6 is 0 Å². The third kappa shape index (κ3) is 1.89. The standard InChI is InChI=1S/C13H11N3O4/c1-16-12(17)8(11(14)15-13(16)18)4-7-2-3-9-10(5-7)20-6-19-9/h2-5H,6H2,1H3,(H2,14,15,18)/b8-4+. The molecule has 2 heterocycles. The minimum atomic E-state index is -0.608. The van der Waals surface area contributed by atoms with E-state index in [1.807, 2.05) is 0 Å². The lowest BCUT2D eigenvalue weighted by Gasteiger charge is -2.24. The molecule has 1 fully saturated rings. The fraction of sp³-hybridized carbons (Fsp3) is 0.154. The minimum absolute atomic E-state index is 0.117. The first kappa shape index (κ1) is 12.2. The average molecular weight is 273 g/mol. The normalized spacial score (nSPS) is 19.6. The summed E-state index contributed by atoms with van der Waals surface area (Å²) in [7, 11) is 1.36. The SMILES string of the molecule is CN1C(=O)NC(=N)/C(=C\c2ccc3c(c2)OCO3)C1=O. The van der Waals surface area contributed by atoms with Gasteiger partial charge in [-0.25, -0.2) is 4.79 Å². The Morgan fingerprint density at radius 3 is 2.85 bits per heavy atom. The van der Waals surface area contributed by atoms with Crippen molar-refractivity contribution in [3.8, 4) is 11.5 Å².